The Morgan fingerprint density at radius 3 is 2.28 bits per heavy atom. The second kappa shape index (κ2) is 5.96. The van der Waals surface area contributed by atoms with Gasteiger partial charge in [0.2, 0.25) is 10.0 Å². The topological polar surface area (TPSA) is 90.2 Å². The van der Waals surface area contributed by atoms with Crippen molar-refractivity contribution < 1.29 is 13.5 Å². The molecule has 0 heterocycles. The lowest BCUT2D eigenvalue weighted by molar-refractivity contribution is 0.227. The average Bonchev–Trinajstić information content (AvgIpc) is 2.35. The summed E-state index contributed by atoms with van der Waals surface area (Å²) in [6, 6.07) is 7.02. The number of nitrogens with one attached hydrogen (secondary N) is 1. The quantitative estimate of drug-likeness (QED) is 0.828. The van der Waals surface area contributed by atoms with Crippen LogP contribution in [0.3, 0.4) is 0 Å². The Bertz CT molecular complexity index is 529. The van der Waals surface area contributed by atoms with Crippen LogP contribution in [0.5, 0.6) is 0 Å². The summed E-state index contributed by atoms with van der Waals surface area (Å²) in [6.07, 6.45) is 0. The Morgan fingerprint density at radius 1 is 1.33 bits per heavy atom. The van der Waals surface area contributed by atoms with Gasteiger partial charge < -0.3 is 5.11 Å². The van der Waals surface area contributed by atoms with Crippen LogP contribution >= 0.6 is 0 Å². The van der Waals surface area contributed by atoms with Gasteiger partial charge in [-0.05, 0) is 30.2 Å². The predicted octanol–water partition coefficient (Wildman–Crippen LogP) is 0.853. The Kier molecular flexibility index (Phi) is 4.84. The summed E-state index contributed by atoms with van der Waals surface area (Å²) in [5, 5.41) is 17.8. The summed E-state index contributed by atoms with van der Waals surface area (Å²) in [7, 11) is -3.66. The van der Waals surface area contributed by atoms with Gasteiger partial charge >= 0.3 is 0 Å². The van der Waals surface area contributed by atoms with Crippen molar-refractivity contribution in [2.45, 2.75) is 24.8 Å². The number of hydrogen-bond donors (Lipinski definition) is 2. The van der Waals surface area contributed by atoms with E-state index in [2.05, 4.69) is 4.72 Å². The van der Waals surface area contributed by atoms with Crippen molar-refractivity contribution in [1.29, 1.82) is 5.26 Å². The van der Waals surface area contributed by atoms with Gasteiger partial charge in [0, 0.05) is 6.04 Å². The molecule has 1 aromatic carbocycles. The maximum atomic E-state index is 12.0. The van der Waals surface area contributed by atoms with E-state index in [-0.39, 0.29) is 17.4 Å². The van der Waals surface area contributed by atoms with E-state index < -0.39 is 16.1 Å². The highest BCUT2D eigenvalue weighted by Gasteiger charge is 2.21. The van der Waals surface area contributed by atoms with Crippen LogP contribution in [0.25, 0.3) is 0 Å². The lowest BCUT2D eigenvalue weighted by Gasteiger charge is -2.19. The van der Waals surface area contributed by atoms with Crippen molar-refractivity contribution in [3.05, 3.63) is 29.8 Å². The highest BCUT2D eigenvalue weighted by molar-refractivity contribution is 7.89. The molecule has 0 bridgehead atoms. The molecule has 0 radical (unpaired) electrons. The summed E-state index contributed by atoms with van der Waals surface area (Å²) in [5.41, 5.74) is 0.400. The van der Waals surface area contributed by atoms with Gasteiger partial charge in [-0.1, -0.05) is 13.8 Å². The van der Waals surface area contributed by atoms with Crippen LogP contribution in [0.15, 0.2) is 29.2 Å². The molecular weight excluding hydrogens is 252 g/mol. The van der Waals surface area contributed by atoms with Crippen molar-refractivity contribution in [2.75, 3.05) is 6.61 Å². The van der Waals surface area contributed by atoms with Crippen molar-refractivity contribution in [2.24, 2.45) is 5.92 Å². The first kappa shape index (κ1) is 14.6. The van der Waals surface area contributed by atoms with Gasteiger partial charge in [0.1, 0.15) is 0 Å². The highest BCUT2D eigenvalue weighted by Crippen LogP contribution is 2.12. The predicted molar refractivity (Wildman–Crippen MR) is 67.2 cm³/mol. The molecule has 0 saturated carbocycles. The van der Waals surface area contributed by atoms with Crippen LogP contribution in [-0.2, 0) is 10.0 Å². The van der Waals surface area contributed by atoms with Crippen molar-refractivity contribution in [3.8, 4) is 6.07 Å². The molecule has 0 amide bonds. The second-order valence-corrected chi connectivity index (χ2v) is 6.00. The monoisotopic (exact) mass is 268 g/mol. The molecule has 0 fully saturated rings. The first-order valence-corrected chi connectivity index (χ1v) is 7.02. The third-order valence-electron chi connectivity index (χ3n) is 2.60. The van der Waals surface area contributed by atoms with Gasteiger partial charge in [0.15, 0.2) is 0 Å². The molecule has 18 heavy (non-hydrogen) atoms. The Balaban J connectivity index is 2.96. The van der Waals surface area contributed by atoms with E-state index in [0.717, 1.165) is 0 Å². The Labute approximate surface area is 107 Å². The van der Waals surface area contributed by atoms with E-state index >= 15 is 0 Å². The van der Waals surface area contributed by atoms with Gasteiger partial charge in [-0.3, -0.25) is 0 Å². The molecule has 0 aliphatic carbocycles. The lowest BCUT2D eigenvalue weighted by Crippen LogP contribution is -2.41. The zero-order valence-corrected chi connectivity index (χ0v) is 11.1. The number of benzene rings is 1. The third kappa shape index (κ3) is 3.53. The fourth-order valence-electron chi connectivity index (χ4n) is 1.36. The normalized spacial score (nSPS) is 13.3. The minimum absolute atomic E-state index is 0.0110. The first-order valence-electron chi connectivity index (χ1n) is 5.54. The summed E-state index contributed by atoms with van der Waals surface area (Å²) in [6.45, 7) is 3.39. The molecule has 0 aromatic heterocycles. The van der Waals surface area contributed by atoms with E-state index in [0.29, 0.717) is 5.56 Å². The molecule has 1 aromatic rings. The SMILES string of the molecule is CC(C)C(CO)NS(=O)(=O)c1ccc(C#N)cc1. The smallest absolute Gasteiger partial charge is 0.240 e. The van der Waals surface area contributed by atoms with Crippen molar-refractivity contribution >= 4 is 10.0 Å². The number of nitrogens with zero attached hydrogens (tertiary/aromatic N) is 1. The summed E-state index contributed by atoms with van der Waals surface area (Å²) in [4.78, 5) is 0.0839. The minimum Gasteiger partial charge on any atom is -0.395 e. The second-order valence-electron chi connectivity index (χ2n) is 4.29. The molecule has 0 aliphatic rings. The van der Waals surface area contributed by atoms with Crippen LogP contribution < -0.4 is 4.72 Å². The zero-order chi connectivity index (χ0) is 13.8. The van der Waals surface area contributed by atoms with E-state index in [1.54, 1.807) is 0 Å². The van der Waals surface area contributed by atoms with Crippen LogP contribution in [0.1, 0.15) is 19.4 Å². The summed E-state index contributed by atoms with van der Waals surface area (Å²) in [5.74, 6) is -0.0110. The highest BCUT2D eigenvalue weighted by atomic mass is 32.2. The Morgan fingerprint density at radius 2 is 1.89 bits per heavy atom. The number of sulfonamides is 1. The molecule has 1 rings (SSSR count). The van der Waals surface area contributed by atoms with Crippen LogP contribution in [0, 0.1) is 17.2 Å². The maximum Gasteiger partial charge on any atom is 0.240 e. The van der Waals surface area contributed by atoms with Crippen molar-refractivity contribution in [1.82, 2.24) is 4.72 Å². The standard InChI is InChI=1S/C12H16N2O3S/c1-9(2)12(8-15)14-18(16,17)11-5-3-10(7-13)4-6-11/h3-6,9,12,14-15H,8H2,1-2H3. The molecule has 0 saturated heterocycles. The van der Waals surface area contributed by atoms with E-state index in [4.69, 9.17) is 10.4 Å². The number of rotatable bonds is 5. The summed E-state index contributed by atoms with van der Waals surface area (Å²) >= 11 is 0. The molecule has 5 nitrogen and oxygen atoms in total. The van der Waals surface area contributed by atoms with Gasteiger partial charge in [-0.25, -0.2) is 13.1 Å². The molecule has 0 aliphatic heterocycles. The van der Waals surface area contributed by atoms with Crippen LogP contribution in [0.4, 0.5) is 0 Å². The maximum absolute atomic E-state index is 12.0. The fourth-order valence-corrected chi connectivity index (χ4v) is 2.74. The summed E-state index contributed by atoms with van der Waals surface area (Å²) < 4.78 is 26.4. The fraction of sp³-hybridized carbons (Fsp3) is 0.417. The van der Waals surface area contributed by atoms with Crippen molar-refractivity contribution in [3.63, 3.8) is 0 Å². The Hall–Kier alpha value is -1.42. The van der Waals surface area contributed by atoms with Crippen LogP contribution in [0.2, 0.25) is 0 Å². The molecular formula is C12H16N2O3S. The zero-order valence-electron chi connectivity index (χ0n) is 10.3. The molecule has 2 N–H and O–H groups in total. The van der Waals surface area contributed by atoms with E-state index in [1.807, 2.05) is 19.9 Å². The molecule has 1 atom stereocenters. The largest absolute Gasteiger partial charge is 0.395 e. The number of aliphatic hydroxyl groups excluding tert-OH is 1. The first-order chi connectivity index (χ1) is 8.40. The lowest BCUT2D eigenvalue weighted by atomic mass is 10.1. The third-order valence-corrected chi connectivity index (χ3v) is 4.11. The van der Waals surface area contributed by atoms with Gasteiger partial charge in [0.05, 0.1) is 23.1 Å². The van der Waals surface area contributed by atoms with Gasteiger partial charge in [-0.15, -0.1) is 0 Å². The van der Waals surface area contributed by atoms with E-state index in [1.165, 1.54) is 24.3 Å². The molecule has 0 spiro atoms. The molecule has 98 valence electrons. The molecule has 1 unspecified atom stereocenters. The number of hydrogen-bond acceptors (Lipinski definition) is 4. The average molecular weight is 268 g/mol. The van der Waals surface area contributed by atoms with Crippen LogP contribution in [-0.4, -0.2) is 26.2 Å². The minimum atomic E-state index is -3.66. The van der Waals surface area contributed by atoms with Gasteiger partial charge in [-0.2, -0.15) is 5.26 Å². The number of aliphatic hydroxyl groups is 1. The number of nitriles is 1. The van der Waals surface area contributed by atoms with Gasteiger partial charge in [0.25, 0.3) is 0 Å². The van der Waals surface area contributed by atoms with E-state index in [9.17, 15) is 8.42 Å². The molecule has 6 heteroatoms.